The molecule has 196 valence electrons. The van der Waals surface area contributed by atoms with E-state index < -0.39 is 24.9 Å². The molecule has 0 radical (unpaired) electrons. The molecule has 0 aliphatic heterocycles. The van der Waals surface area contributed by atoms with E-state index in [0.29, 0.717) is 0 Å². The Hall–Kier alpha value is -0.630. The molecule has 0 aromatic heterocycles. The van der Waals surface area contributed by atoms with Crippen molar-refractivity contribution in [1.29, 1.82) is 0 Å². The molecule has 0 spiro atoms. The zero-order valence-corrected chi connectivity index (χ0v) is 23.1. The van der Waals surface area contributed by atoms with Crippen LogP contribution < -0.4 is 5.11 Å². The highest BCUT2D eigenvalue weighted by molar-refractivity contribution is 7.77. The third-order valence-corrected chi connectivity index (χ3v) is 12.5. The molecule has 0 amide bonds. The van der Waals surface area contributed by atoms with Crippen LogP contribution in [0.3, 0.4) is 0 Å². The van der Waals surface area contributed by atoms with Crippen molar-refractivity contribution in [1.82, 2.24) is 0 Å². The summed E-state index contributed by atoms with van der Waals surface area (Å²) in [4.78, 5) is 23.9. The van der Waals surface area contributed by atoms with Crippen LogP contribution in [0, 0.1) is 0 Å². The zero-order valence-electron chi connectivity index (χ0n) is 22.3. The molecule has 0 aliphatic carbocycles. The van der Waals surface area contributed by atoms with Gasteiger partial charge in [-0.15, -0.1) is 0 Å². The van der Waals surface area contributed by atoms with Crippen molar-refractivity contribution in [2.75, 3.05) is 18.5 Å². The van der Waals surface area contributed by atoms with E-state index in [9.17, 15) is 19.8 Å². The van der Waals surface area contributed by atoms with E-state index in [2.05, 4.69) is 20.8 Å². The van der Waals surface area contributed by atoms with Crippen molar-refractivity contribution in [3.05, 3.63) is 0 Å². The van der Waals surface area contributed by atoms with Crippen molar-refractivity contribution in [2.45, 2.75) is 148 Å². The normalized spacial score (nSPS) is 12.7. The highest BCUT2D eigenvalue weighted by Gasteiger charge is 2.48. The smallest absolute Gasteiger partial charge is 0.344 e. The highest BCUT2D eigenvalue weighted by Crippen LogP contribution is 2.65. The maximum absolute atomic E-state index is 12.3. The number of carbonyl (C=O) groups excluding carboxylic acids is 1. The van der Waals surface area contributed by atoms with Gasteiger partial charge in [-0.1, -0.05) is 97.8 Å². The first-order valence-corrected chi connectivity index (χ1v) is 16.6. The Balaban J connectivity index is 5.30. The molecular weight excluding hydrogens is 431 g/mol. The van der Waals surface area contributed by atoms with Gasteiger partial charge >= 0.3 is 5.97 Å². The highest BCUT2D eigenvalue weighted by atomic mass is 31.2. The Bertz CT molecular complexity index is 440. The Morgan fingerprint density at radius 2 is 0.909 bits per heavy atom. The molecule has 1 N–H and O–H groups in total. The lowest BCUT2D eigenvalue weighted by molar-refractivity contribution is -0.305. The molecule has 0 saturated heterocycles. The SMILES string of the molecule is CCCCCCCC[P+](CCCCCCCC)(CCCCCCCC)C(CC(=O)[O-])C(=O)O. The van der Waals surface area contributed by atoms with Gasteiger partial charge in [0.1, 0.15) is 0 Å². The maximum atomic E-state index is 12.3. The van der Waals surface area contributed by atoms with E-state index in [1.807, 2.05) is 0 Å². The minimum Gasteiger partial charge on any atom is -0.550 e. The second-order valence-electron chi connectivity index (χ2n) is 10.1. The Morgan fingerprint density at radius 3 is 1.18 bits per heavy atom. The molecule has 0 saturated carbocycles. The summed E-state index contributed by atoms with van der Waals surface area (Å²) in [6.45, 7) is 6.65. The van der Waals surface area contributed by atoms with Crippen molar-refractivity contribution in [2.24, 2.45) is 0 Å². The molecule has 1 unspecified atom stereocenters. The molecule has 0 aliphatic rings. The number of hydrogen-bond acceptors (Lipinski definition) is 3. The fourth-order valence-corrected chi connectivity index (χ4v) is 10.3. The molecule has 33 heavy (non-hydrogen) atoms. The van der Waals surface area contributed by atoms with E-state index in [1.54, 1.807) is 0 Å². The van der Waals surface area contributed by atoms with E-state index in [1.165, 1.54) is 77.0 Å². The van der Waals surface area contributed by atoms with Gasteiger partial charge < -0.3 is 15.0 Å². The molecule has 5 heteroatoms. The largest absolute Gasteiger partial charge is 0.550 e. The molecule has 0 aromatic carbocycles. The van der Waals surface area contributed by atoms with Gasteiger partial charge in [0.2, 0.25) is 0 Å². The first-order valence-electron chi connectivity index (χ1n) is 14.2. The summed E-state index contributed by atoms with van der Waals surface area (Å²) >= 11 is 0. The van der Waals surface area contributed by atoms with Crippen molar-refractivity contribution in [3.8, 4) is 0 Å². The Labute approximate surface area is 206 Å². The van der Waals surface area contributed by atoms with Crippen LogP contribution in [0.2, 0.25) is 0 Å². The lowest BCUT2D eigenvalue weighted by Gasteiger charge is -2.33. The minimum atomic E-state index is -1.90. The fraction of sp³-hybridized carbons (Fsp3) is 0.929. The van der Waals surface area contributed by atoms with Gasteiger partial charge in [0, 0.05) is 19.7 Å². The van der Waals surface area contributed by atoms with Crippen LogP contribution in [-0.4, -0.2) is 41.2 Å². The summed E-state index contributed by atoms with van der Waals surface area (Å²) in [5.41, 5.74) is -0.718. The van der Waals surface area contributed by atoms with E-state index in [-0.39, 0.29) is 6.42 Å². The van der Waals surface area contributed by atoms with Gasteiger partial charge in [0.15, 0.2) is 5.66 Å². The van der Waals surface area contributed by atoms with Gasteiger partial charge in [0.25, 0.3) is 0 Å². The predicted molar refractivity (Wildman–Crippen MR) is 143 cm³/mol. The van der Waals surface area contributed by atoms with Crippen molar-refractivity contribution >= 4 is 19.2 Å². The van der Waals surface area contributed by atoms with Gasteiger partial charge in [0.05, 0.1) is 18.5 Å². The first kappa shape index (κ1) is 32.4. The van der Waals surface area contributed by atoms with Crippen LogP contribution in [0.5, 0.6) is 0 Å². The van der Waals surface area contributed by atoms with Crippen LogP contribution >= 0.6 is 7.26 Å². The summed E-state index contributed by atoms with van der Waals surface area (Å²) in [5.74, 6) is -2.09. The van der Waals surface area contributed by atoms with Crippen molar-refractivity contribution in [3.63, 3.8) is 0 Å². The number of aliphatic carboxylic acids is 2. The molecule has 1 atom stereocenters. The summed E-state index contributed by atoms with van der Waals surface area (Å²) in [6.07, 6.45) is 24.0. The fourth-order valence-electron chi connectivity index (χ4n) is 5.10. The van der Waals surface area contributed by atoms with E-state index in [4.69, 9.17) is 0 Å². The van der Waals surface area contributed by atoms with Crippen LogP contribution in [0.15, 0.2) is 0 Å². The molecule has 0 rings (SSSR count). The summed E-state index contributed by atoms with van der Waals surface area (Å²) in [6, 6.07) is 0. The third kappa shape index (κ3) is 16.6. The summed E-state index contributed by atoms with van der Waals surface area (Å²) in [7, 11) is -1.90. The van der Waals surface area contributed by atoms with Gasteiger partial charge in [-0.2, -0.15) is 0 Å². The second-order valence-corrected chi connectivity index (χ2v) is 14.5. The number of rotatable bonds is 25. The molecule has 4 nitrogen and oxygen atoms in total. The number of hydrogen-bond donors (Lipinski definition) is 1. The minimum absolute atomic E-state index is 0.301. The van der Waals surface area contributed by atoms with Gasteiger partial charge in [-0.25, -0.2) is 4.79 Å². The van der Waals surface area contributed by atoms with E-state index >= 15 is 0 Å². The Kier molecular flexibility index (Phi) is 21.5. The van der Waals surface area contributed by atoms with Crippen LogP contribution in [0.1, 0.15) is 143 Å². The standard InChI is InChI=1S/C28H55O4P/c1-4-7-10-13-16-19-22-33(23-20-17-14-11-8-5-2,24-21-18-15-12-9-6-3)26(28(31)32)25-27(29)30/h26H,4-25H2,1-3H3,(H-,29,30,31,32). The van der Waals surface area contributed by atoms with Crippen LogP contribution in [0.25, 0.3) is 0 Å². The zero-order chi connectivity index (χ0) is 24.8. The molecular formula is C28H55O4P. The topological polar surface area (TPSA) is 77.4 Å². The second kappa shape index (κ2) is 21.9. The lowest BCUT2D eigenvalue weighted by atomic mass is 10.1. The summed E-state index contributed by atoms with van der Waals surface area (Å²) < 4.78 is 0. The average Bonchev–Trinajstić information content (AvgIpc) is 2.78. The van der Waals surface area contributed by atoms with Crippen LogP contribution in [0.4, 0.5) is 0 Å². The monoisotopic (exact) mass is 486 g/mol. The molecule has 0 fully saturated rings. The van der Waals surface area contributed by atoms with E-state index in [0.717, 1.165) is 57.0 Å². The summed E-state index contributed by atoms with van der Waals surface area (Å²) in [5, 5.41) is 21.7. The quantitative estimate of drug-likeness (QED) is 0.106. The molecule has 0 bridgehead atoms. The number of carbonyl (C=O) groups is 2. The third-order valence-electron chi connectivity index (χ3n) is 7.18. The maximum Gasteiger partial charge on any atom is 0.344 e. The van der Waals surface area contributed by atoms with Crippen LogP contribution in [-0.2, 0) is 9.59 Å². The first-order chi connectivity index (χ1) is 15.9. The predicted octanol–water partition coefficient (Wildman–Crippen LogP) is 7.68. The number of carboxylic acid groups (broad SMARTS) is 2. The van der Waals surface area contributed by atoms with Gasteiger partial charge in [-0.3, -0.25) is 0 Å². The average molecular weight is 487 g/mol. The lowest BCUT2D eigenvalue weighted by Crippen LogP contribution is -2.36. The van der Waals surface area contributed by atoms with Crippen molar-refractivity contribution < 1.29 is 19.8 Å². The molecule has 0 heterocycles. The molecule has 0 aromatic rings. The Morgan fingerprint density at radius 1 is 0.606 bits per heavy atom. The number of carboxylic acids is 2. The van der Waals surface area contributed by atoms with Gasteiger partial charge in [-0.05, 0) is 38.5 Å². The number of unbranched alkanes of at least 4 members (excludes halogenated alkanes) is 15.